The average molecular weight is 351 g/mol. The number of nitrogens with one attached hydrogen (secondary N) is 2. The van der Waals surface area contributed by atoms with Crippen LogP contribution in [0.25, 0.3) is 0 Å². The highest BCUT2D eigenvalue weighted by Crippen LogP contribution is 2.28. The SMILES string of the molecule is CCNC(=NCCCOC)NCCc1ccc(OCC)c(OCC)c1. The van der Waals surface area contributed by atoms with Crippen molar-refractivity contribution < 1.29 is 14.2 Å². The van der Waals surface area contributed by atoms with Crippen LogP contribution in [0.3, 0.4) is 0 Å². The van der Waals surface area contributed by atoms with Gasteiger partial charge in [-0.15, -0.1) is 0 Å². The highest BCUT2D eigenvalue weighted by Gasteiger charge is 2.06. The Balaban J connectivity index is 2.55. The molecule has 25 heavy (non-hydrogen) atoms. The van der Waals surface area contributed by atoms with Crippen molar-refractivity contribution in [1.82, 2.24) is 10.6 Å². The second-order valence-corrected chi connectivity index (χ2v) is 5.43. The number of guanidine groups is 1. The van der Waals surface area contributed by atoms with Gasteiger partial charge in [-0.25, -0.2) is 0 Å². The van der Waals surface area contributed by atoms with Gasteiger partial charge in [-0.05, 0) is 51.3 Å². The van der Waals surface area contributed by atoms with Gasteiger partial charge in [0.1, 0.15) is 0 Å². The molecule has 0 aliphatic heterocycles. The molecule has 0 radical (unpaired) electrons. The van der Waals surface area contributed by atoms with Gasteiger partial charge in [0.05, 0.1) is 13.2 Å². The molecule has 0 unspecified atom stereocenters. The maximum atomic E-state index is 5.68. The molecule has 0 spiro atoms. The van der Waals surface area contributed by atoms with Crippen molar-refractivity contribution in [3.8, 4) is 11.5 Å². The number of methoxy groups -OCH3 is 1. The van der Waals surface area contributed by atoms with E-state index in [0.717, 1.165) is 56.5 Å². The van der Waals surface area contributed by atoms with Gasteiger partial charge in [0.15, 0.2) is 17.5 Å². The molecule has 0 atom stereocenters. The molecular formula is C19H33N3O3. The van der Waals surface area contributed by atoms with Crippen LogP contribution in [0.1, 0.15) is 32.8 Å². The van der Waals surface area contributed by atoms with Crippen molar-refractivity contribution in [2.75, 3.05) is 46.6 Å². The van der Waals surface area contributed by atoms with Crippen LogP contribution in [-0.4, -0.2) is 52.5 Å². The van der Waals surface area contributed by atoms with E-state index in [1.165, 1.54) is 5.56 Å². The third-order valence-electron chi connectivity index (χ3n) is 3.43. The second kappa shape index (κ2) is 13.4. The van der Waals surface area contributed by atoms with E-state index in [1.807, 2.05) is 19.9 Å². The number of nitrogens with zero attached hydrogens (tertiary/aromatic N) is 1. The fourth-order valence-electron chi connectivity index (χ4n) is 2.32. The highest BCUT2D eigenvalue weighted by atomic mass is 16.5. The minimum absolute atomic E-state index is 0.625. The van der Waals surface area contributed by atoms with Crippen LogP contribution < -0.4 is 20.1 Å². The summed E-state index contributed by atoms with van der Waals surface area (Å²) in [5.41, 5.74) is 1.20. The van der Waals surface area contributed by atoms with E-state index in [0.29, 0.717) is 13.2 Å². The molecule has 0 heterocycles. The molecule has 1 aromatic carbocycles. The third kappa shape index (κ3) is 8.63. The molecule has 1 aromatic rings. The zero-order chi connectivity index (χ0) is 18.3. The number of benzene rings is 1. The summed E-state index contributed by atoms with van der Waals surface area (Å²) in [7, 11) is 1.71. The summed E-state index contributed by atoms with van der Waals surface area (Å²) in [6.07, 6.45) is 1.80. The Labute approximate surface area is 152 Å². The fourth-order valence-corrected chi connectivity index (χ4v) is 2.32. The van der Waals surface area contributed by atoms with Crippen LogP contribution in [0.5, 0.6) is 11.5 Å². The molecular weight excluding hydrogens is 318 g/mol. The van der Waals surface area contributed by atoms with Gasteiger partial charge in [0, 0.05) is 33.4 Å². The number of ether oxygens (including phenoxy) is 3. The molecule has 0 bridgehead atoms. The molecule has 0 amide bonds. The van der Waals surface area contributed by atoms with Gasteiger partial charge in [-0.2, -0.15) is 0 Å². The van der Waals surface area contributed by atoms with Crippen molar-refractivity contribution >= 4 is 5.96 Å². The number of hydrogen-bond donors (Lipinski definition) is 2. The summed E-state index contributed by atoms with van der Waals surface area (Å²) >= 11 is 0. The number of aliphatic imine (C=N–C) groups is 1. The van der Waals surface area contributed by atoms with E-state index >= 15 is 0 Å². The average Bonchev–Trinajstić information content (AvgIpc) is 2.61. The Hall–Kier alpha value is -1.95. The molecule has 142 valence electrons. The lowest BCUT2D eigenvalue weighted by atomic mass is 10.1. The minimum atomic E-state index is 0.625. The normalized spacial score (nSPS) is 11.3. The van der Waals surface area contributed by atoms with E-state index in [1.54, 1.807) is 7.11 Å². The highest BCUT2D eigenvalue weighted by molar-refractivity contribution is 5.79. The van der Waals surface area contributed by atoms with E-state index in [4.69, 9.17) is 14.2 Å². The maximum absolute atomic E-state index is 5.68. The van der Waals surface area contributed by atoms with E-state index in [-0.39, 0.29) is 0 Å². The lowest BCUT2D eigenvalue weighted by molar-refractivity contribution is 0.197. The van der Waals surface area contributed by atoms with Gasteiger partial charge in [0.25, 0.3) is 0 Å². The molecule has 0 saturated carbocycles. The molecule has 0 aliphatic rings. The van der Waals surface area contributed by atoms with Crippen LogP contribution in [0.15, 0.2) is 23.2 Å². The third-order valence-corrected chi connectivity index (χ3v) is 3.43. The molecule has 0 aliphatic carbocycles. The van der Waals surface area contributed by atoms with Gasteiger partial charge in [-0.3, -0.25) is 4.99 Å². The first-order valence-corrected chi connectivity index (χ1v) is 9.14. The molecule has 0 saturated heterocycles. The van der Waals surface area contributed by atoms with Crippen LogP contribution >= 0.6 is 0 Å². The standard InChI is InChI=1S/C19H33N3O3/c1-5-20-19(21-12-8-14-23-4)22-13-11-16-9-10-17(24-6-2)18(15-16)25-7-3/h9-10,15H,5-8,11-14H2,1-4H3,(H2,20,21,22). The smallest absolute Gasteiger partial charge is 0.191 e. The first kappa shape index (κ1) is 21.1. The van der Waals surface area contributed by atoms with Crippen molar-refractivity contribution in [3.63, 3.8) is 0 Å². The van der Waals surface area contributed by atoms with Crippen LogP contribution in [0.4, 0.5) is 0 Å². The van der Waals surface area contributed by atoms with Crippen molar-refractivity contribution in [2.45, 2.75) is 33.6 Å². The maximum Gasteiger partial charge on any atom is 0.191 e. The number of hydrogen-bond acceptors (Lipinski definition) is 4. The van der Waals surface area contributed by atoms with E-state index in [2.05, 4.69) is 34.7 Å². The lowest BCUT2D eigenvalue weighted by Crippen LogP contribution is -2.38. The summed E-state index contributed by atoms with van der Waals surface area (Å²) < 4.78 is 16.3. The topological polar surface area (TPSA) is 64.1 Å². The van der Waals surface area contributed by atoms with Gasteiger partial charge >= 0.3 is 0 Å². The lowest BCUT2D eigenvalue weighted by Gasteiger charge is -2.14. The van der Waals surface area contributed by atoms with Crippen molar-refractivity contribution in [3.05, 3.63) is 23.8 Å². The number of rotatable bonds is 12. The van der Waals surface area contributed by atoms with Crippen LogP contribution in [0, 0.1) is 0 Å². The van der Waals surface area contributed by atoms with Crippen molar-refractivity contribution in [2.24, 2.45) is 4.99 Å². The quantitative estimate of drug-likeness (QED) is 0.344. The Bertz CT molecular complexity index is 507. The molecule has 2 N–H and O–H groups in total. The summed E-state index contributed by atoms with van der Waals surface area (Å²) in [6, 6.07) is 6.12. The predicted octanol–water partition coefficient (Wildman–Crippen LogP) is 2.62. The second-order valence-electron chi connectivity index (χ2n) is 5.43. The summed E-state index contributed by atoms with van der Waals surface area (Å²) in [4.78, 5) is 4.54. The van der Waals surface area contributed by atoms with E-state index in [9.17, 15) is 0 Å². The van der Waals surface area contributed by atoms with E-state index < -0.39 is 0 Å². The monoisotopic (exact) mass is 351 g/mol. The predicted molar refractivity (Wildman–Crippen MR) is 103 cm³/mol. The van der Waals surface area contributed by atoms with Gasteiger partial charge in [0.2, 0.25) is 0 Å². The molecule has 6 nitrogen and oxygen atoms in total. The zero-order valence-electron chi connectivity index (χ0n) is 16.1. The fraction of sp³-hybridized carbons (Fsp3) is 0.632. The Morgan fingerprint density at radius 3 is 2.48 bits per heavy atom. The van der Waals surface area contributed by atoms with Crippen LogP contribution in [-0.2, 0) is 11.2 Å². The first-order valence-electron chi connectivity index (χ1n) is 9.14. The largest absolute Gasteiger partial charge is 0.490 e. The molecule has 6 heteroatoms. The molecule has 1 rings (SSSR count). The molecule has 0 fully saturated rings. The summed E-state index contributed by atoms with van der Waals surface area (Å²) in [6.45, 7) is 10.4. The summed E-state index contributed by atoms with van der Waals surface area (Å²) in [5.74, 6) is 2.45. The van der Waals surface area contributed by atoms with Crippen LogP contribution in [0.2, 0.25) is 0 Å². The minimum Gasteiger partial charge on any atom is -0.490 e. The van der Waals surface area contributed by atoms with Crippen molar-refractivity contribution in [1.29, 1.82) is 0 Å². The first-order chi connectivity index (χ1) is 12.2. The van der Waals surface area contributed by atoms with Gasteiger partial charge in [-0.1, -0.05) is 6.07 Å². The molecule has 0 aromatic heterocycles. The Kier molecular flexibility index (Phi) is 11.3. The zero-order valence-corrected chi connectivity index (χ0v) is 16.1. The Morgan fingerprint density at radius 1 is 1.04 bits per heavy atom. The van der Waals surface area contributed by atoms with Gasteiger partial charge < -0.3 is 24.8 Å². The Morgan fingerprint density at radius 2 is 1.80 bits per heavy atom. The summed E-state index contributed by atoms with van der Waals surface area (Å²) in [5, 5.41) is 6.62.